The van der Waals surface area contributed by atoms with Crippen LogP contribution in [-0.4, -0.2) is 39.4 Å². The number of likely N-dealkylation sites (N-methyl/N-ethyl adjacent to an activating group) is 1. The summed E-state index contributed by atoms with van der Waals surface area (Å²) in [5, 5.41) is 0.212. The van der Waals surface area contributed by atoms with Gasteiger partial charge in [-0.15, -0.1) is 0 Å². The standard InChI is InChI=1S/C13H13ClN4O/c1-18(7-5-10-4-2-3-6-16-10)13(19)11-8-15-9-12(14)17-11/h2-4,6,8-9H,5,7H2,1H3. The molecule has 2 rings (SSSR count). The monoisotopic (exact) mass is 276 g/mol. The predicted octanol–water partition coefficient (Wildman–Crippen LogP) is 1.84. The van der Waals surface area contributed by atoms with Crippen molar-refractivity contribution in [1.29, 1.82) is 0 Å². The molecule has 0 unspecified atom stereocenters. The highest BCUT2D eigenvalue weighted by Gasteiger charge is 2.13. The zero-order chi connectivity index (χ0) is 13.7. The summed E-state index contributed by atoms with van der Waals surface area (Å²) < 4.78 is 0. The molecule has 0 aliphatic rings. The lowest BCUT2D eigenvalue weighted by atomic mass is 10.2. The fourth-order valence-corrected chi connectivity index (χ4v) is 1.72. The normalized spacial score (nSPS) is 10.2. The third-order valence-electron chi connectivity index (χ3n) is 2.60. The zero-order valence-corrected chi connectivity index (χ0v) is 11.2. The van der Waals surface area contributed by atoms with Crippen LogP contribution in [0.25, 0.3) is 0 Å². The first-order valence-corrected chi connectivity index (χ1v) is 6.17. The molecule has 0 aromatic carbocycles. The minimum absolute atomic E-state index is 0.203. The van der Waals surface area contributed by atoms with Crippen molar-refractivity contribution in [3.8, 4) is 0 Å². The molecular weight excluding hydrogens is 264 g/mol. The minimum atomic E-state index is -0.203. The van der Waals surface area contributed by atoms with Crippen LogP contribution < -0.4 is 0 Å². The number of hydrogen-bond acceptors (Lipinski definition) is 4. The van der Waals surface area contributed by atoms with E-state index in [1.165, 1.54) is 12.4 Å². The van der Waals surface area contributed by atoms with E-state index in [4.69, 9.17) is 11.6 Å². The molecule has 19 heavy (non-hydrogen) atoms. The first kappa shape index (κ1) is 13.4. The summed E-state index contributed by atoms with van der Waals surface area (Å²) in [7, 11) is 1.72. The summed E-state index contributed by atoms with van der Waals surface area (Å²) in [6.07, 6.45) is 5.23. The Balaban J connectivity index is 1.96. The van der Waals surface area contributed by atoms with Gasteiger partial charge in [0.25, 0.3) is 5.91 Å². The van der Waals surface area contributed by atoms with E-state index >= 15 is 0 Å². The van der Waals surface area contributed by atoms with Crippen molar-refractivity contribution in [2.75, 3.05) is 13.6 Å². The van der Waals surface area contributed by atoms with Crippen LogP contribution in [0.3, 0.4) is 0 Å². The first-order valence-electron chi connectivity index (χ1n) is 5.80. The minimum Gasteiger partial charge on any atom is -0.340 e. The number of halogens is 1. The quantitative estimate of drug-likeness (QED) is 0.855. The lowest BCUT2D eigenvalue weighted by Gasteiger charge is -2.16. The van der Waals surface area contributed by atoms with Gasteiger partial charge in [-0.25, -0.2) is 4.98 Å². The van der Waals surface area contributed by atoms with Gasteiger partial charge in [0.15, 0.2) is 0 Å². The van der Waals surface area contributed by atoms with Crippen LogP contribution in [-0.2, 0) is 6.42 Å². The van der Waals surface area contributed by atoms with Gasteiger partial charge in [-0.1, -0.05) is 17.7 Å². The molecule has 0 N–H and O–H groups in total. The van der Waals surface area contributed by atoms with Crippen molar-refractivity contribution in [2.24, 2.45) is 0 Å². The molecule has 0 saturated carbocycles. The Labute approximate surface area is 116 Å². The fourth-order valence-electron chi connectivity index (χ4n) is 1.57. The van der Waals surface area contributed by atoms with Crippen LogP contribution >= 0.6 is 11.6 Å². The number of pyridine rings is 1. The molecule has 98 valence electrons. The van der Waals surface area contributed by atoms with E-state index in [9.17, 15) is 4.79 Å². The van der Waals surface area contributed by atoms with Gasteiger partial charge in [-0.2, -0.15) is 0 Å². The molecule has 0 saturated heterocycles. The summed E-state index contributed by atoms with van der Waals surface area (Å²) in [4.78, 5) is 25.6. The van der Waals surface area contributed by atoms with Gasteiger partial charge in [0.05, 0.1) is 12.4 Å². The van der Waals surface area contributed by atoms with Crippen molar-refractivity contribution in [2.45, 2.75) is 6.42 Å². The molecule has 5 nitrogen and oxygen atoms in total. The molecule has 1 amide bonds. The van der Waals surface area contributed by atoms with Crippen molar-refractivity contribution >= 4 is 17.5 Å². The third-order valence-corrected chi connectivity index (χ3v) is 2.78. The molecular formula is C13H13ClN4O. The van der Waals surface area contributed by atoms with E-state index in [2.05, 4.69) is 15.0 Å². The highest BCUT2D eigenvalue weighted by atomic mass is 35.5. The number of carbonyl (C=O) groups excluding carboxylic acids is 1. The molecule has 6 heteroatoms. The number of hydrogen-bond donors (Lipinski definition) is 0. The molecule has 0 fully saturated rings. The Bertz CT molecular complexity index is 562. The van der Waals surface area contributed by atoms with E-state index in [1.807, 2.05) is 18.2 Å². The topological polar surface area (TPSA) is 59.0 Å². The maximum Gasteiger partial charge on any atom is 0.273 e. The number of amides is 1. The molecule has 2 aromatic heterocycles. The lowest BCUT2D eigenvalue weighted by molar-refractivity contribution is 0.0790. The van der Waals surface area contributed by atoms with Gasteiger partial charge in [-0.05, 0) is 12.1 Å². The number of aromatic nitrogens is 3. The van der Waals surface area contributed by atoms with Crippen LogP contribution in [0.15, 0.2) is 36.8 Å². The Morgan fingerprint density at radius 3 is 2.89 bits per heavy atom. The second-order valence-corrected chi connectivity index (χ2v) is 4.41. The molecule has 2 heterocycles. The van der Waals surface area contributed by atoms with Crippen LogP contribution in [0.4, 0.5) is 0 Å². The second kappa shape index (κ2) is 6.24. The SMILES string of the molecule is CN(CCc1ccccn1)C(=O)c1cncc(Cl)n1. The van der Waals surface area contributed by atoms with Gasteiger partial charge >= 0.3 is 0 Å². The predicted molar refractivity (Wildman–Crippen MR) is 71.9 cm³/mol. The smallest absolute Gasteiger partial charge is 0.273 e. The summed E-state index contributed by atoms with van der Waals surface area (Å²) in [5.41, 5.74) is 1.19. The largest absolute Gasteiger partial charge is 0.340 e. The van der Waals surface area contributed by atoms with Crippen LogP contribution in [0.1, 0.15) is 16.2 Å². The highest BCUT2D eigenvalue weighted by Crippen LogP contribution is 2.05. The lowest BCUT2D eigenvalue weighted by Crippen LogP contribution is -2.29. The zero-order valence-electron chi connectivity index (χ0n) is 10.5. The van der Waals surface area contributed by atoms with E-state index < -0.39 is 0 Å². The molecule has 0 aliphatic heterocycles. The number of nitrogens with zero attached hydrogens (tertiary/aromatic N) is 4. The average molecular weight is 277 g/mol. The Morgan fingerprint density at radius 2 is 2.21 bits per heavy atom. The van der Waals surface area contributed by atoms with E-state index in [1.54, 1.807) is 18.1 Å². The van der Waals surface area contributed by atoms with Crippen molar-refractivity contribution in [3.05, 3.63) is 53.3 Å². The van der Waals surface area contributed by atoms with Crippen LogP contribution in [0.5, 0.6) is 0 Å². The van der Waals surface area contributed by atoms with E-state index in [0.717, 1.165) is 5.69 Å². The van der Waals surface area contributed by atoms with E-state index in [0.29, 0.717) is 13.0 Å². The maximum atomic E-state index is 12.1. The second-order valence-electron chi connectivity index (χ2n) is 4.02. The summed E-state index contributed by atoms with van der Waals surface area (Å²) >= 11 is 5.71. The number of rotatable bonds is 4. The Hall–Kier alpha value is -2.01. The van der Waals surface area contributed by atoms with Gasteiger partial charge in [0.2, 0.25) is 0 Å². The Kier molecular flexibility index (Phi) is 4.41. The van der Waals surface area contributed by atoms with E-state index in [-0.39, 0.29) is 16.8 Å². The summed E-state index contributed by atoms with van der Waals surface area (Å²) in [5.74, 6) is -0.203. The van der Waals surface area contributed by atoms with Crippen molar-refractivity contribution < 1.29 is 4.79 Å². The van der Waals surface area contributed by atoms with Crippen LogP contribution in [0.2, 0.25) is 5.15 Å². The molecule has 0 atom stereocenters. The van der Waals surface area contributed by atoms with Gasteiger partial charge in [0.1, 0.15) is 10.8 Å². The molecule has 0 radical (unpaired) electrons. The van der Waals surface area contributed by atoms with Gasteiger partial charge < -0.3 is 4.90 Å². The van der Waals surface area contributed by atoms with Crippen LogP contribution in [0, 0.1) is 0 Å². The third kappa shape index (κ3) is 3.72. The fraction of sp³-hybridized carbons (Fsp3) is 0.231. The van der Waals surface area contributed by atoms with Crippen molar-refractivity contribution in [1.82, 2.24) is 19.9 Å². The Morgan fingerprint density at radius 1 is 1.37 bits per heavy atom. The first-order chi connectivity index (χ1) is 9.16. The summed E-state index contributed by atoms with van der Waals surface area (Å²) in [6.45, 7) is 0.560. The van der Waals surface area contributed by atoms with Gasteiger partial charge in [-0.3, -0.25) is 14.8 Å². The number of carbonyl (C=O) groups is 1. The summed E-state index contributed by atoms with van der Waals surface area (Å²) in [6, 6.07) is 5.71. The highest BCUT2D eigenvalue weighted by molar-refractivity contribution is 6.29. The average Bonchev–Trinajstić information content (AvgIpc) is 2.45. The van der Waals surface area contributed by atoms with Gasteiger partial charge in [0, 0.05) is 31.9 Å². The molecule has 0 bridgehead atoms. The molecule has 0 spiro atoms. The van der Waals surface area contributed by atoms with Crippen molar-refractivity contribution in [3.63, 3.8) is 0 Å². The molecule has 0 aliphatic carbocycles. The molecule has 2 aromatic rings. The maximum absolute atomic E-state index is 12.1.